The van der Waals surface area contributed by atoms with E-state index in [0.29, 0.717) is 11.9 Å². The number of aryl methyl sites for hydroxylation is 2. The molecule has 0 aliphatic carbocycles. The number of nitrogens with one attached hydrogen (secondary N) is 1. The summed E-state index contributed by atoms with van der Waals surface area (Å²) < 4.78 is 0. The van der Waals surface area contributed by atoms with Crippen molar-refractivity contribution in [3.8, 4) is 0 Å². The molecule has 0 unspecified atom stereocenters. The normalized spacial score (nSPS) is 10.7. The molecule has 1 N–H and O–H groups in total. The first-order chi connectivity index (χ1) is 8.54. The predicted molar refractivity (Wildman–Crippen MR) is 75.3 cm³/mol. The van der Waals surface area contributed by atoms with E-state index in [2.05, 4.69) is 53.4 Å². The molecular formula is C15H19N3. The van der Waals surface area contributed by atoms with E-state index >= 15 is 0 Å². The van der Waals surface area contributed by atoms with Gasteiger partial charge in [0, 0.05) is 17.1 Å². The molecule has 2 aromatic rings. The molecule has 0 radical (unpaired) electrons. The monoisotopic (exact) mass is 241 g/mol. The van der Waals surface area contributed by atoms with Gasteiger partial charge < -0.3 is 5.32 Å². The van der Waals surface area contributed by atoms with Gasteiger partial charge in [-0.15, -0.1) is 0 Å². The number of benzene rings is 1. The van der Waals surface area contributed by atoms with Crippen LogP contribution in [-0.2, 0) is 0 Å². The highest BCUT2D eigenvalue weighted by Gasteiger charge is 2.02. The first-order valence-electron chi connectivity index (χ1n) is 6.24. The van der Waals surface area contributed by atoms with Crippen LogP contribution in [0.3, 0.4) is 0 Å². The Morgan fingerprint density at radius 3 is 2.00 bits per heavy atom. The van der Waals surface area contributed by atoms with Crippen LogP contribution in [-0.4, -0.2) is 9.97 Å². The van der Waals surface area contributed by atoms with Crippen LogP contribution in [0, 0.1) is 13.8 Å². The van der Waals surface area contributed by atoms with Gasteiger partial charge in [-0.05, 0) is 43.5 Å². The number of anilines is 2. The molecule has 2 rings (SSSR count). The zero-order valence-corrected chi connectivity index (χ0v) is 11.4. The molecule has 3 heteroatoms. The zero-order chi connectivity index (χ0) is 13.1. The first-order valence-corrected chi connectivity index (χ1v) is 6.24. The lowest BCUT2D eigenvalue weighted by Crippen LogP contribution is -2.00. The molecule has 0 amide bonds. The van der Waals surface area contributed by atoms with Gasteiger partial charge in [-0.3, -0.25) is 0 Å². The number of hydrogen-bond acceptors (Lipinski definition) is 3. The van der Waals surface area contributed by atoms with Crippen LogP contribution in [0.25, 0.3) is 0 Å². The van der Waals surface area contributed by atoms with E-state index in [1.165, 1.54) is 5.56 Å². The van der Waals surface area contributed by atoms with E-state index in [0.717, 1.165) is 17.1 Å². The van der Waals surface area contributed by atoms with Crippen molar-refractivity contribution in [2.24, 2.45) is 0 Å². The third-order valence-corrected chi connectivity index (χ3v) is 2.82. The summed E-state index contributed by atoms with van der Waals surface area (Å²) in [4.78, 5) is 8.73. The molecule has 0 aliphatic rings. The summed E-state index contributed by atoms with van der Waals surface area (Å²) in [6.07, 6.45) is 0. The van der Waals surface area contributed by atoms with Gasteiger partial charge in [0.25, 0.3) is 0 Å². The van der Waals surface area contributed by atoms with Crippen LogP contribution in [0.1, 0.15) is 36.7 Å². The van der Waals surface area contributed by atoms with E-state index in [1.807, 2.05) is 19.9 Å². The highest BCUT2D eigenvalue weighted by atomic mass is 15.1. The van der Waals surface area contributed by atoms with Crippen molar-refractivity contribution in [2.45, 2.75) is 33.6 Å². The Hall–Kier alpha value is -1.90. The summed E-state index contributed by atoms with van der Waals surface area (Å²) in [5.74, 6) is 1.21. The summed E-state index contributed by atoms with van der Waals surface area (Å²) >= 11 is 0. The highest BCUT2D eigenvalue weighted by molar-refractivity contribution is 5.54. The maximum Gasteiger partial charge on any atom is 0.227 e. The fourth-order valence-electron chi connectivity index (χ4n) is 1.86. The molecule has 0 aliphatic heterocycles. The topological polar surface area (TPSA) is 37.8 Å². The maximum atomic E-state index is 4.36. The van der Waals surface area contributed by atoms with Gasteiger partial charge >= 0.3 is 0 Å². The van der Waals surface area contributed by atoms with Crippen LogP contribution in [0.2, 0.25) is 0 Å². The fourth-order valence-corrected chi connectivity index (χ4v) is 1.86. The third kappa shape index (κ3) is 3.06. The van der Waals surface area contributed by atoms with Crippen molar-refractivity contribution >= 4 is 11.6 Å². The van der Waals surface area contributed by atoms with Crippen molar-refractivity contribution in [1.82, 2.24) is 9.97 Å². The van der Waals surface area contributed by atoms with Crippen molar-refractivity contribution in [3.05, 3.63) is 47.3 Å². The Morgan fingerprint density at radius 1 is 0.944 bits per heavy atom. The van der Waals surface area contributed by atoms with Crippen molar-refractivity contribution in [2.75, 3.05) is 5.32 Å². The first kappa shape index (κ1) is 12.6. The number of hydrogen-bond donors (Lipinski definition) is 1. The van der Waals surface area contributed by atoms with E-state index in [1.54, 1.807) is 0 Å². The van der Waals surface area contributed by atoms with Crippen LogP contribution in [0.15, 0.2) is 30.3 Å². The van der Waals surface area contributed by atoms with E-state index in [4.69, 9.17) is 0 Å². The molecular weight excluding hydrogens is 222 g/mol. The van der Waals surface area contributed by atoms with Gasteiger partial charge in [-0.25, -0.2) is 9.97 Å². The summed E-state index contributed by atoms with van der Waals surface area (Å²) in [5, 5.41) is 3.23. The second-order valence-corrected chi connectivity index (χ2v) is 4.88. The number of nitrogens with zero attached hydrogens (tertiary/aromatic N) is 2. The quantitative estimate of drug-likeness (QED) is 0.883. The molecule has 0 bridgehead atoms. The molecule has 94 valence electrons. The minimum absolute atomic E-state index is 0.552. The molecule has 0 fully saturated rings. The molecule has 1 aromatic heterocycles. The Bertz CT molecular complexity index is 510. The number of rotatable bonds is 3. The molecule has 3 nitrogen and oxygen atoms in total. The second-order valence-electron chi connectivity index (χ2n) is 4.88. The van der Waals surface area contributed by atoms with Gasteiger partial charge in [0.15, 0.2) is 0 Å². The van der Waals surface area contributed by atoms with E-state index < -0.39 is 0 Å². The molecule has 0 spiro atoms. The lowest BCUT2D eigenvalue weighted by molar-refractivity contribution is 0.867. The molecule has 0 saturated carbocycles. The van der Waals surface area contributed by atoms with Crippen LogP contribution in [0.4, 0.5) is 11.6 Å². The lowest BCUT2D eigenvalue weighted by Gasteiger charge is -2.09. The van der Waals surface area contributed by atoms with Crippen molar-refractivity contribution < 1.29 is 0 Å². The van der Waals surface area contributed by atoms with Crippen LogP contribution >= 0.6 is 0 Å². The van der Waals surface area contributed by atoms with Crippen molar-refractivity contribution in [3.63, 3.8) is 0 Å². The smallest absolute Gasteiger partial charge is 0.227 e. The molecule has 0 saturated heterocycles. The van der Waals surface area contributed by atoms with Crippen molar-refractivity contribution in [1.29, 1.82) is 0 Å². The van der Waals surface area contributed by atoms with E-state index in [9.17, 15) is 0 Å². The standard InChI is InChI=1S/C15H19N3/c1-10(2)13-5-7-14(8-6-13)18-15-16-11(3)9-12(4)17-15/h5-10H,1-4H3,(H,16,17,18). The molecule has 1 heterocycles. The Kier molecular flexibility index (Phi) is 3.60. The Morgan fingerprint density at radius 2 is 1.50 bits per heavy atom. The third-order valence-electron chi connectivity index (χ3n) is 2.82. The Balaban J connectivity index is 2.18. The summed E-state index contributed by atoms with van der Waals surface area (Å²) in [5.41, 5.74) is 4.30. The lowest BCUT2D eigenvalue weighted by atomic mass is 10.0. The maximum absolute atomic E-state index is 4.36. The van der Waals surface area contributed by atoms with Crippen LogP contribution < -0.4 is 5.32 Å². The molecule has 1 aromatic carbocycles. The molecule has 18 heavy (non-hydrogen) atoms. The largest absolute Gasteiger partial charge is 0.324 e. The van der Waals surface area contributed by atoms with Gasteiger partial charge in [0.05, 0.1) is 0 Å². The van der Waals surface area contributed by atoms with Gasteiger partial charge in [-0.2, -0.15) is 0 Å². The summed E-state index contributed by atoms with van der Waals surface area (Å²) in [7, 11) is 0. The van der Waals surface area contributed by atoms with E-state index in [-0.39, 0.29) is 0 Å². The zero-order valence-electron chi connectivity index (χ0n) is 11.4. The summed E-state index contributed by atoms with van der Waals surface area (Å²) in [6.45, 7) is 8.33. The predicted octanol–water partition coefficient (Wildman–Crippen LogP) is 3.96. The van der Waals surface area contributed by atoms with Gasteiger partial charge in [0.1, 0.15) is 0 Å². The Labute approximate surface area is 108 Å². The number of aromatic nitrogens is 2. The second kappa shape index (κ2) is 5.17. The molecule has 0 atom stereocenters. The van der Waals surface area contributed by atoms with Crippen LogP contribution in [0.5, 0.6) is 0 Å². The average Bonchev–Trinajstić information content (AvgIpc) is 2.28. The SMILES string of the molecule is Cc1cc(C)nc(Nc2ccc(C(C)C)cc2)n1. The highest BCUT2D eigenvalue weighted by Crippen LogP contribution is 2.19. The van der Waals surface area contributed by atoms with Gasteiger partial charge in [-0.1, -0.05) is 26.0 Å². The average molecular weight is 241 g/mol. The minimum Gasteiger partial charge on any atom is -0.324 e. The van der Waals surface area contributed by atoms with Gasteiger partial charge in [0.2, 0.25) is 5.95 Å². The minimum atomic E-state index is 0.552. The fraction of sp³-hybridized carbons (Fsp3) is 0.333. The summed E-state index contributed by atoms with van der Waals surface area (Å²) in [6, 6.07) is 10.4.